The number of hydrogen-bond donors (Lipinski definition) is 0. The maximum atomic E-state index is 12.4. The van der Waals surface area contributed by atoms with Gasteiger partial charge in [-0.1, -0.05) is 5.16 Å². The third-order valence-corrected chi connectivity index (χ3v) is 5.02. The van der Waals surface area contributed by atoms with Crippen molar-refractivity contribution in [3.8, 4) is 0 Å². The summed E-state index contributed by atoms with van der Waals surface area (Å²) in [5, 5.41) is 4.04. The van der Waals surface area contributed by atoms with Gasteiger partial charge in [-0.15, -0.1) is 0 Å². The van der Waals surface area contributed by atoms with Gasteiger partial charge in [0.15, 0.2) is 0 Å². The Labute approximate surface area is 107 Å². The van der Waals surface area contributed by atoms with Crippen molar-refractivity contribution >= 4 is 7.60 Å². The summed E-state index contributed by atoms with van der Waals surface area (Å²) < 4.78 is 28.3. The monoisotopic (exact) mass is 273 g/mol. The molecule has 1 aliphatic rings. The molecular formula is C12H20NO4P. The van der Waals surface area contributed by atoms with Gasteiger partial charge in [-0.05, 0) is 33.1 Å². The van der Waals surface area contributed by atoms with E-state index in [1.807, 2.05) is 13.8 Å². The molecule has 1 aromatic rings. The summed E-state index contributed by atoms with van der Waals surface area (Å²) in [5.74, 6) is 0.941. The molecule has 0 fully saturated rings. The lowest BCUT2D eigenvalue weighted by atomic mass is 9.97. The maximum Gasteiger partial charge on any atom is 0.336 e. The van der Waals surface area contributed by atoms with Gasteiger partial charge in [-0.25, -0.2) is 0 Å². The third-order valence-electron chi connectivity index (χ3n) is 3.03. The second-order valence-corrected chi connectivity index (χ2v) is 6.40. The van der Waals surface area contributed by atoms with Crippen molar-refractivity contribution in [1.29, 1.82) is 0 Å². The molecular weight excluding hydrogens is 253 g/mol. The Kier molecular flexibility index (Phi) is 4.60. The molecule has 5 nitrogen and oxygen atoms in total. The van der Waals surface area contributed by atoms with Gasteiger partial charge in [0, 0.05) is 12.0 Å². The van der Waals surface area contributed by atoms with Crippen LogP contribution in [-0.2, 0) is 32.6 Å². The molecule has 1 heterocycles. The van der Waals surface area contributed by atoms with E-state index in [1.165, 1.54) is 0 Å². The lowest BCUT2D eigenvalue weighted by Gasteiger charge is -2.16. The first-order chi connectivity index (χ1) is 8.68. The largest absolute Gasteiger partial charge is 0.361 e. The zero-order valence-corrected chi connectivity index (χ0v) is 11.9. The average Bonchev–Trinajstić information content (AvgIpc) is 2.73. The van der Waals surface area contributed by atoms with Gasteiger partial charge in [0.1, 0.15) is 5.76 Å². The van der Waals surface area contributed by atoms with Crippen molar-refractivity contribution in [2.75, 3.05) is 13.2 Å². The van der Waals surface area contributed by atoms with E-state index < -0.39 is 7.60 Å². The second-order valence-electron chi connectivity index (χ2n) is 4.34. The fourth-order valence-electron chi connectivity index (χ4n) is 2.28. The summed E-state index contributed by atoms with van der Waals surface area (Å²) in [4.78, 5) is 0. The van der Waals surface area contributed by atoms with Crippen LogP contribution in [0.4, 0.5) is 0 Å². The molecule has 0 unspecified atom stereocenters. The molecule has 0 amide bonds. The van der Waals surface area contributed by atoms with E-state index in [4.69, 9.17) is 13.6 Å². The number of hydrogen-bond acceptors (Lipinski definition) is 5. The highest BCUT2D eigenvalue weighted by atomic mass is 31.2. The maximum absolute atomic E-state index is 12.4. The van der Waals surface area contributed by atoms with Gasteiger partial charge < -0.3 is 13.6 Å². The molecule has 0 bridgehead atoms. The molecule has 0 radical (unpaired) electrons. The summed E-state index contributed by atoms with van der Waals surface area (Å²) in [7, 11) is -3.08. The van der Waals surface area contributed by atoms with E-state index in [9.17, 15) is 4.57 Å². The van der Waals surface area contributed by atoms with Crippen molar-refractivity contribution in [2.24, 2.45) is 0 Å². The molecule has 0 N–H and O–H groups in total. The van der Waals surface area contributed by atoms with Crippen LogP contribution in [0.25, 0.3) is 0 Å². The zero-order valence-electron chi connectivity index (χ0n) is 11.0. The molecule has 0 saturated carbocycles. The van der Waals surface area contributed by atoms with Crippen molar-refractivity contribution in [2.45, 2.75) is 45.7 Å². The van der Waals surface area contributed by atoms with Crippen LogP contribution in [0, 0.1) is 0 Å². The lowest BCUT2D eigenvalue weighted by molar-refractivity contribution is 0.218. The minimum absolute atomic E-state index is 0.216. The van der Waals surface area contributed by atoms with Crippen LogP contribution in [0.15, 0.2) is 4.52 Å². The zero-order chi connectivity index (χ0) is 13.0. The second kappa shape index (κ2) is 6.00. The van der Waals surface area contributed by atoms with Gasteiger partial charge in [0.05, 0.1) is 25.1 Å². The van der Waals surface area contributed by atoms with Crippen LogP contribution in [-0.4, -0.2) is 18.4 Å². The highest BCUT2D eigenvalue weighted by Crippen LogP contribution is 2.51. The van der Waals surface area contributed by atoms with Gasteiger partial charge in [0.25, 0.3) is 0 Å². The highest BCUT2D eigenvalue weighted by molar-refractivity contribution is 7.53. The van der Waals surface area contributed by atoms with E-state index in [0.717, 1.165) is 42.7 Å². The Morgan fingerprint density at radius 1 is 1.22 bits per heavy atom. The van der Waals surface area contributed by atoms with E-state index in [2.05, 4.69) is 5.16 Å². The van der Waals surface area contributed by atoms with E-state index >= 15 is 0 Å². The quantitative estimate of drug-likeness (QED) is 0.744. The normalized spacial score (nSPS) is 15.7. The fraction of sp³-hybridized carbons (Fsp3) is 0.750. The Hall–Kier alpha value is -0.640. The summed E-state index contributed by atoms with van der Waals surface area (Å²) in [6.07, 6.45) is 4.36. The smallest absolute Gasteiger partial charge is 0.336 e. The molecule has 102 valence electrons. The minimum Gasteiger partial charge on any atom is -0.361 e. The van der Waals surface area contributed by atoms with Crippen LogP contribution < -0.4 is 0 Å². The van der Waals surface area contributed by atoms with E-state index in [1.54, 1.807) is 0 Å². The third kappa shape index (κ3) is 3.02. The topological polar surface area (TPSA) is 61.6 Å². The molecule has 0 saturated heterocycles. The molecule has 0 aromatic carbocycles. The Bertz CT molecular complexity index is 433. The standard InChI is InChI=1S/C12H20NO4P/c1-3-15-18(14,16-4-2)9-11-10-7-5-6-8-12(10)17-13-11/h3-9H2,1-2H3. The SMILES string of the molecule is CCOP(=O)(Cc1noc2c1CCCC2)OCC. The predicted molar refractivity (Wildman–Crippen MR) is 67.7 cm³/mol. The Morgan fingerprint density at radius 2 is 1.89 bits per heavy atom. The average molecular weight is 273 g/mol. The first-order valence-corrected chi connectivity index (χ1v) is 8.25. The summed E-state index contributed by atoms with van der Waals surface area (Å²) in [6, 6.07) is 0. The number of aryl methyl sites for hydroxylation is 1. The van der Waals surface area contributed by atoms with Gasteiger partial charge >= 0.3 is 7.60 Å². The lowest BCUT2D eigenvalue weighted by Crippen LogP contribution is -2.04. The number of fused-ring (bicyclic) bond motifs is 1. The van der Waals surface area contributed by atoms with Crippen LogP contribution >= 0.6 is 7.60 Å². The predicted octanol–water partition coefficient (Wildman–Crippen LogP) is 3.32. The van der Waals surface area contributed by atoms with Crippen molar-refractivity contribution < 1.29 is 18.1 Å². The van der Waals surface area contributed by atoms with E-state index in [-0.39, 0.29) is 6.16 Å². The molecule has 2 rings (SSSR count). The van der Waals surface area contributed by atoms with Crippen LogP contribution in [0.3, 0.4) is 0 Å². The Morgan fingerprint density at radius 3 is 2.56 bits per heavy atom. The first-order valence-electron chi connectivity index (χ1n) is 6.53. The van der Waals surface area contributed by atoms with E-state index in [0.29, 0.717) is 13.2 Å². The molecule has 1 aromatic heterocycles. The molecule has 18 heavy (non-hydrogen) atoms. The van der Waals surface area contributed by atoms with Gasteiger partial charge in [-0.2, -0.15) is 0 Å². The molecule has 6 heteroatoms. The highest BCUT2D eigenvalue weighted by Gasteiger charge is 2.29. The molecule has 0 atom stereocenters. The Balaban J connectivity index is 2.16. The van der Waals surface area contributed by atoms with Crippen molar-refractivity contribution in [3.05, 3.63) is 17.0 Å². The first kappa shape index (κ1) is 13.8. The summed E-state index contributed by atoms with van der Waals surface area (Å²) in [6.45, 7) is 4.36. The van der Waals surface area contributed by atoms with Crippen LogP contribution in [0.2, 0.25) is 0 Å². The molecule has 1 aliphatic carbocycles. The number of nitrogens with zero attached hydrogens (tertiary/aromatic N) is 1. The van der Waals surface area contributed by atoms with Crippen LogP contribution in [0.1, 0.15) is 43.7 Å². The van der Waals surface area contributed by atoms with Crippen molar-refractivity contribution in [1.82, 2.24) is 5.16 Å². The summed E-state index contributed by atoms with van der Waals surface area (Å²) in [5.41, 5.74) is 1.86. The fourth-order valence-corrected chi connectivity index (χ4v) is 3.94. The van der Waals surface area contributed by atoms with Crippen LogP contribution in [0.5, 0.6) is 0 Å². The summed E-state index contributed by atoms with van der Waals surface area (Å²) >= 11 is 0. The number of aromatic nitrogens is 1. The van der Waals surface area contributed by atoms with Gasteiger partial charge in [0.2, 0.25) is 0 Å². The van der Waals surface area contributed by atoms with Gasteiger partial charge in [-0.3, -0.25) is 4.57 Å². The molecule has 0 spiro atoms. The number of rotatable bonds is 6. The van der Waals surface area contributed by atoms with Crippen molar-refractivity contribution in [3.63, 3.8) is 0 Å². The minimum atomic E-state index is -3.08. The molecule has 0 aliphatic heterocycles.